The topological polar surface area (TPSA) is 73.1 Å². The summed E-state index contributed by atoms with van der Waals surface area (Å²) in [6, 6.07) is 10.8. The van der Waals surface area contributed by atoms with Crippen molar-refractivity contribution < 1.29 is 14.3 Å². The van der Waals surface area contributed by atoms with Crippen molar-refractivity contribution >= 4 is 17.3 Å². The zero-order valence-electron chi connectivity index (χ0n) is 10.6. The van der Waals surface area contributed by atoms with Crippen molar-refractivity contribution in [3.05, 3.63) is 58.9 Å². The number of hydrogen-bond acceptors (Lipinski definition) is 3. The number of halogens is 1. The molecule has 0 atom stereocenters. The van der Waals surface area contributed by atoms with Gasteiger partial charge >= 0.3 is 5.97 Å². The number of anilines is 2. The van der Waals surface area contributed by atoms with E-state index in [1.54, 1.807) is 25.1 Å². The molecule has 2 aromatic rings. The van der Waals surface area contributed by atoms with Crippen LogP contribution in [0.25, 0.3) is 0 Å². The minimum Gasteiger partial charge on any atom is -0.478 e. The average molecular weight is 270 g/mol. The van der Waals surface area contributed by atoms with Gasteiger partial charge in [0.15, 0.2) is 0 Å². The molecule has 2 N–H and O–H groups in total. The number of para-hydroxylation sites is 1. The lowest BCUT2D eigenvalue weighted by molar-refractivity contribution is 0.0696. The largest absolute Gasteiger partial charge is 0.478 e. The SMILES string of the molecule is Cc1cccc(C#N)c1Nc1ccc(C(=O)O)cc1F. The number of carboxylic acids is 1. The van der Waals surface area contributed by atoms with Crippen LogP contribution in [0, 0.1) is 24.1 Å². The number of nitriles is 1. The molecule has 0 aliphatic carbocycles. The first-order valence-electron chi connectivity index (χ1n) is 5.82. The van der Waals surface area contributed by atoms with Crippen LogP contribution in [0.4, 0.5) is 15.8 Å². The van der Waals surface area contributed by atoms with Gasteiger partial charge in [-0.1, -0.05) is 12.1 Å². The summed E-state index contributed by atoms with van der Waals surface area (Å²) in [6.07, 6.45) is 0. The fourth-order valence-electron chi connectivity index (χ4n) is 1.81. The number of carbonyl (C=O) groups is 1. The summed E-state index contributed by atoms with van der Waals surface area (Å²) < 4.78 is 13.9. The molecule has 0 aliphatic rings. The van der Waals surface area contributed by atoms with Crippen molar-refractivity contribution in [2.75, 3.05) is 5.32 Å². The molecule has 0 bridgehead atoms. The van der Waals surface area contributed by atoms with E-state index in [9.17, 15) is 9.18 Å². The fourth-order valence-corrected chi connectivity index (χ4v) is 1.81. The predicted octanol–water partition coefficient (Wildman–Crippen LogP) is 3.45. The van der Waals surface area contributed by atoms with Crippen molar-refractivity contribution in [2.45, 2.75) is 6.92 Å². The van der Waals surface area contributed by atoms with E-state index in [0.29, 0.717) is 11.3 Å². The number of carboxylic acid groups (broad SMARTS) is 1. The molecule has 2 rings (SSSR count). The molecule has 0 aliphatic heterocycles. The molecule has 0 amide bonds. The van der Waals surface area contributed by atoms with Gasteiger partial charge in [0, 0.05) is 0 Å². The number of rotatable bonds is 3. The van der Waals surface area contributed by atoms with Gasteiger partial charge in [-0.2, -0.15) is 5.26 Å². The van der Waals surface area contributed by atoms with Crippen LogP contribution in [0.3, 0.4) is 0 Å². The lowest BCUT2D eigenvalue weighted by Crippen LogP contribution is -2.02. The van der Waals surface area contributed by atoms with Crippen LogP contribution in [-0.4, -0.2) is 11.1 Å². The van der Waals surface area contributed by atoms with E-state index in [2.05, 4.69) is 5.32 Å². The van der Waals surface area contributed by atoms with Gasteiger partial charge in [0.25, 0.3) is 0 Å². The van der Waals surface area contributed by atoms with Crippen LogP contribution in [0.5, 0.6) is 0 Å². The minimum atomic E-state index is -1.19. The molecule has 0 radical (unpaired) electrons. The Morgan fingerprint density at radius 3 is 2.70 bits per heavy atom. The Balaban J connectivity index is 2.41. The summed E-state index contributed by atoms with van der Waals surface area (Å²) in [5.41, 5.74) is 1.70. The number of nitrogens with one attached hydrogen (secondary N) is 1. The molecule has 0 saturated carbocycles. The number of nitrogens with zero attached hydrogens (tertiary/aromatic N) is 1. The first-order chi connectivity index (χ1) is 9.52. The lowest BCUT2D eigenvalue weighted by atomic mass is 10.1. The molecule has 0 spiro atoms. The summed E-state index contributed by atoms with van der Waals surface area (Å²) in [6.45, 7) is 1.80. The highest BCUT2D eigenvalue weighted by Gasteiger charge is 2.11. The van der Waals surface area contributed by atoms with Gasteiger partial charge < -0.3 is 10.4 Å². The minimum absolute atomic E-state index is 0.126. The monoisotopic (exact) mass is 270 g/mol. The van der Waals surface area contributed by atoms with Crippen molar-refractivity contribution in [3.8, 4) is 6.07 Å². The van der Waals surface area contributed by atoms with Crippen LogP contribution in [0.2, 0.25) is 0 Å². The molecule has 100 valence electrons. The number of benzene rings is 2. The summed E-state index contributed by atoms with van der Waals surface area (Å²) in [5, 5.41) is 20.7. The van der Waals surface area contributed by atoms with Crippen molar-refractivity contribution in [1.29, 1.82) is 5.26 Å². The highest BCUT2D eigenvalue weighted by Crippen LogP contribution is 2.26. The van der Waals surface area contributed by atoms with Gasteiger partial charge in [-0.05, 0) is 36.8 Å². The Hall–Kier alpha value is -2.87. The second-order valence-corrected chi connectivity index (χ2v) is 4.23. The summed E-state index contributed by atoms with van der Waals surface area (Å²) in [5.74, 6) is -1.87. The Kier molecular flexibility index (Phi) is 3.67. The third-order valence-corrected chi connectivity index (χ3v) is 2.87. The molecule has 2 aromatic carbocycles. The Bertz CT molecular complexity index is 720. The number of aryl methyl sites for hydroxylation is 1. The molecular weight excluding hydrogens is 259 g/mol. The molecule has 0 fully saturated rings. The van der Waals surface area contributed by atoms with E-state index in [0.717, 1.165) is 11.6 Å². The molecule has 4 nitrogen and oxygen atoms in total. The summed E-state index contributed by atoms with van der Waals surface area (Å²) in [7, 11) is 0. The molecule has 0 aromatic heterocycles. The summed E-state index contributed by atoms with van der Waals surface area (Å²) in [4.78, 5) is 10.7. The second-order valence-electron chi connectivity index (χ2n) is 4.23. The van der Waals surface area contributed by atoms with Gasteiger partial charge in [0.1, 0.15) is 11.9 Å². The zero-order valence-corrected chi connectivity index (χ0v) is 10.6. The predicted molar refractivity (Wildman–Crippen MR) is 72.5 cm³/mol. The van der Waals surface area contributed by atoms with Gasteiger partial charge in [-0.25, -0.2) is 9.18 Å². The zero-order chi connectivity index (χ0) is 14.7. The maximum absolute atomic E-state index is 13.9. The number of hydrogen-bond donors (Lipinski definition) is 2. The fraction of sp³-hybridized carbons (Fsp3) is 0.0667. The van der Waals surface area contributed by atoms with Gasteiger partial charge in [-0.15, -0.1) is 0 Å². The molecule has 0 heterocycles. The first kappa shape index (κ1) is 13.6. The standard InChI is InChI=1S/C15H11FN2O2/c1-9-3-2-4-11(8-17)14(9)18-13-6-5-10(15(19)20)7-12(13)16/h2-7,18H,1H3,(H,19,20). The van der Waals surface area contributed by atoms with Crippen LogP contribution in [0.15, 0.2) is 36.4 Å². The van der Waals surface area contributed by atoms with E-state index in [4.69, 9.17) is 10.4 Å². The molecule has 20 heavy (non-hydrogen) atoms. The first-order valence-corrected chi connectivity index (χ1v) is 5.82. The van der Waals surface area contributed by atoms with Crippen LogP contribution in [-0.2, 0) is 0 Å². The molecule has 5 heteroatoms. The van der Waals surface area contributed by atoms with E-state index in [1.165, 1.54) is 12.1 Å². The number of aromatic carboxylic acids is 1. The van der Waals surface area contributed by atoms with E-state index in [-0.39, 0.29) is 11.3 Å². The Labute approximate surface area is 115 Å². The Morgan fingerprint density at radius 2 is 2.10 bits per heavy atom. The van der Waals surface area contributed by atoms with Gasteiger partial charge in [0.05, 0.1) is 22.5 Å². The lowest BCUT2D eigenvalue weighted by Gasteiger charge is -2.12. The normalized spacial score (nSPS) is 9.85. The van der Waals surface area contributed by atoms with Gasteiger partial charge in [0.2, 0.25) is 0 Å². The van der Waals surface area contributed by atoms with Crippen molar-refractivity contribution in [1.82, 2.24) is 0 Å². The van der Waals surface area contributed by atoms with E-state index in [1.807, 2.05) is 6.07 Å². The van der Waals surface area contributed by atoms with E-state index >= 15 is 0 Å². The molecular formula is C15H11FN2O2. The third kappa shape index (κ3) is 2.59. The maximum Gasteiger partial charge on any atom is 0.335 e. The highest BCUT2D eigenvalue weighted by atomic mass is 19.1. The van der Waals surface area contributed by atoms with Crippen LogP contribution >= 0.6 is 0 Å². The highest BCUT2D eigenvalue weighted by molar-refractivity contribution is 5.88. The van der Waals surface area contributed by atoms with Crippen LogP contribution in [0.1, 0.15) is 21.5 Å². The maximum atomic E-state index is 13.9. The van der Waals surface area contributed by atoms with Crippen molar-refractivity contribution in [3.63, 3.8) is 0 Å². The quantitative estimate of drug-likeness (QED) is 0.895. The van der Waals surface area contributed by atoms with E-state index < -0.39 is 11.8 Å². The Morgan fingerprint density at radius 1 is 1.35 bits per heavy atom. The van der Waals surface area contributed by atoms with Crippen molar-refractivity contribution in [2.24, 2.45) is 0 Å². The third-order valence-electron chi connectivity index (χ3n) is 2.87. The summed E-state index contributed by atoms with van der Waals surface area (Å²) >= 11 is 0. The molecule has 0 unspecified atom stereocenters. The smallest absolute Gasteiger partial charge is 0.335 e. The average Bonchev–Trinajstić information content (AvgIpc) is 2.42. The second kappa shape index (κ2) is 5.41. The van der Waals surface area contributed by atoms with Crippen LogP contribution < -0.4 is 5.32 Å². The van der Waals surface area contributed by atoms with Gasteiger partial charge in [-0.3, -0.25) is 0 Å². The molecule has 0 saturated heterocycles.